The van der Waals surface area contributed by atoms with Crippen LogP contribution in [-0.2, 0) is 0 Å². The first-order valence-electron chi connectivity index (χ1n) is 0.327. The van der Waals surface area contributed by atoms with E-state index in [2.05, 4.69) is 29.4 Å². The van der Waals surface area contributed by atoms with Crippen LogP contribution < -0.4 is 0 Å². The molecular weight excluding hydrogens is 407 g/mol. The van der Waals surface area contributed by atoms with Gasteiger partial charge in [-0.1, -0.05) is 0 Å². The maximum atomic E-state index is 3.24. The van der Waals surface area contributed by atoms with Crippen LogP contribution in [0.1, 0.15) is 0 Å². The summed E-state index contributed by atoms with van der Waals surface area (Å²) in [5.41, 5.74) is 0. The summed E-state index contributed by atoms with van der Waals surface area (Å²) in [7, 11) is 9.73. The molecule has 0 radical (unpaired) electrons. The van der Waals surface area contributed by atoms with E-state index in [1.165, 1.54) is 0 Å². The predicted molar refractivity (Wildman–Crippen MR) is 26.8 cm³/mol. The molecule has 0 saturated heterocycles. The molecule has 0 atom stereocenters. The average Bonchev–Trinajstić information content (AvgIpc) is 0.811. The molecule has 0 unspecified atom stereocenters. The Hall–Kier alpha value is 2.69. The fraction of sp³-hybridized carbons (Fsp3) is 0. The molecule has 0 aliphatic carbocycles. The van der Waals surface area contributed by atoms with Gasteiger partial charge in [0.05, 0.1) is 0 Å². The first-order valence-corrected chi connectivity index (χ1v) is 12.6. The van der Waals surface area contributed by atoms with E-state index in [-0.39, 0.29) is 0 Å². The SMILES string of the molecule is [Br][Er]([Br])[Br]. The second-order valence-corrected chi connectivity index (χ2v) is 24.8. The summed E-state index contributed by atoms with van der Waals surface area (Å²) in [6.07, 6.45) is 0. The molecule has 0 N–H and O–H groups in total. The average molecular weight is 407 g/mol. The predicted octanol–water partition coefficient (Wildman–Crippen LogP) is 2.54. The van der Waals surface area contributed by atoms with Crippen LogP contribution in [0.15, 0.2) is 0 Å². The van der Waals surface area contributed by atoms with Crippen LogP contribution in [-0.4, -0.2) is 0 Å². The van der Waals surface area contributed by atoms with E-state index in [1.807, 2.05) is 0 Å². The summed E-state index contributed by atoms with van der Waals surface area (Å²) in [6, 6.07) is 0. The Kier molecular flexibility index (Phi) is 6.46. The summed E-state index contributed by atoms with van der Waals surface area (Å²) in [4.78, 5) is 0. The molecule has 0 aromatic rings. The van der Waals surface area contributed by atoms with Crippen molar-refractivity contribution in [3.05, 3.63) is 0 Å². The summed E-state index contributed by atoms with van der Waals surface area (Å²) in [5.74, 6) is 0. The van der Waals surface area contributed by atoms with Gasteiger partial charge in [0.2, 0.25) is 0 Å². The van der Waals surface area contributed by atoms with Gasteiger partial charge in [0.25, 0.3) is 0 Å². The van der Waals surface area contributed by atoms with Crippen LogP contribution in [0.5, 0.6) is 0 Å². The van der Waals surface area contributed by atoms with E-state index >= 15 is 0 Å². The van der Waals surface area contributed by atoms with E-state index in [0.717, 1.165) is 0 Å². The van der Waals surface area contributed by atoms with Crippen molar-refractivity contribution in [2.75, 3.05) is 0 Å². The first-order chi connectivity index (χ1) is 1.73. The fourth-order valence-electron chi connectivity index (χ4n) is 0. The monoisotopic (exact) mass is 403 g/mol. The fourth-order valence-corrected chi connectivity index (χ4v) is 0. The van der Waals surface area contributed by atoms with Crippen molar-refractivity contribution in [1.29, 1.82) is 0 Å². The molecule has 0 aliphatic rings. The van der Waals surface area contributed by atoms with E-state index < -0.39 is 22.8 Å². The molecule has 0 aromatic carbocycles. The zero-order valence-electron chi connectivity index (χ0n) is 1.42. The Morgan fingerprint density at radius 1 is 1.00 bits per heavy atom. The third-order valence-corrected chi connectivity index (χ3v) is 0. The van der Waals surface area contributed by atoms with Crippen LogP contribution >= 0.6 is 29.4 Å². The number of halogens is 3. The number of rotatable bonds is 0. The van der Waals surface area contributed by atoms with Crippen molar-refractivity contribution in [3.8, 4) is 0 Å². The Labute approximate surface area is 50.5 Å². The van der Waals surface area contributed by atoms with Crippen molar-refractivity contribution >= 4 is 29.4 Å². The second-order valence-electron chi connectivity index (χ2n) is 0.124. The molecule has 0 spiro atoms. The molecule has 0 saturated carbocycles. The first kappa shape index (κ1) is 6.69. The van der Waals surface area contributed by atoms with Crippen LogP contribution in [0.2, 0.25) is 0 Å². The Morgan fingerprint density at radius 3 is 1.00 bits per heavy atom. The molecule has 0 bridgehead atoms. The van der Waals surface area contributed by atoms with Gasteiger partial charge in [-0.15, -0.1) is 0 Å². The molecule has 0 heterocycles. The van der Waals surface area contributed by atoms with Gasteiger partial charge >= 0.3 is 52.2 Å². The van der Waals surface area contributed by atoms with Crippen LogP contribution in [0, 0.1) is 22.8 Å². The van der Waals surface area contributed by atoms with Crippen LogP contribution in [0.4, 0.5) is 0 Å². The van der Waals surface area contributed by atoms with Gasteiger partial charge < -0.3 is 0 Å². The second kappa shape index (κ2) is 3.86. The van der Waals surface area contributed by atoms with Gasteiger partial charge in [-0.3, -0.25) is 0 Å². The minimum atomic E-state index is -0.701. The molecule has 0 rings (SSSR count). The molecule has 0 aliphatic heterocycles. The van der Waals surface area contributed by atoms with E-state index in [4.69, 9.17) is 0 Å². The third-order valence-electron chi connectivity index (χ3n) is 0. The standard InChI is InChI=1S/3BrH.Er/h3*1H;/q;;;+3/p-3. The summed E-state index contributed by atoms with van der Waals surface area (Å²) in [6.45, 7) is 0. The molecule has 4 heteroatoms. The van der Waals surface area contributed by atoms with Crippen molar-refractivity contribution in [2.45, 2.75) is 0 Å². The number of hydrogen-bond acceptors (Lipinski definition) is 0. The van der Waals surface area contributed by atoms with Gasteiger partial charge in [0.15, 0.2) is 0 Å². The Balaban J connectivity index is 2.32. The number of hydrogen-bond donors (Lipinski definition) is 0. The van der Waals surface area contributed by atoms with Crippen molar-refractivity contribution in [1.82, 2.24) is 0 Å². The topological polar surface area (TPSA) is 0 Å². The molecule has 33 valence electrons. The Bertz CT molecular complexity index is 8.00. The zero-order valence-corrected chi connectivity index (χ0v) is 8.03. The van der Waals surface area contributed by atoms with Crippen LogP contribution in [0.3, 0.4) is 0 Å². The quantitative estimate of drug-likeness (QED) is 0.580. The molecule has 0 nitrogen and oxygen atoms in total. The van der Waals surface area contributed by atoms with Gasteiger partial charge in [-0.05, 0) is 0 Å². The summed E-state index contributed by atoms with van der Waals surface area (Å²) < 4.78 is 0. The zero-order chi connectivity index (χ0) is 3.58. The van der Waals surface area contributed by atoms with Crippen molar-refractivity contribution in [2.24, 2.45) is 0 Å². The minimum absolute atomic E-state index is 0.701. The molecule has 0 aromatic heterocycles. The van der Waals surface area contributed by atoms with Gasteiger partial charge in [0.1, 0.15) is 0 Å². The molecule has 0 fully saturated rings. The molecule has 4 heavy (non-hydrogen) atoms. The summed E-state index contributed by atoms with van der Waals surface area (Å²) in [5, 5.41) is 0. The van der Waals surface area contributed by atoms with Gasteiger partial charge in [0, 0.05) is 0 Å². The van der Waals surface area contributed by atoms with E-state index in [1.54, 1.807) is 0 Å². The van der Waals surface area contributed by atoms with Crippen molar-refractivity contribution < 1.29 is 22.8 Å². The summed E-state index contributed by atoms with van der Waals surface area (Å²) >= 11 is -0.701. The normalized spacial score (nSPS) is 11.2. The van der Waals surface area contributed by atoms with Crippen LogP contribution in [0.25, 0.3) is 0 Å². The molecule has 0 amide bonds. The van der Waals surface area contributed by atoms with E-state index in [9.17, 15) is 0 Å². The van der Waals surface area contributed by atoms with Crippen molar-refractivity contribution in [3.63, 3.8) is 0 Å². The van der Waals surface area contributed by atoms with Gasteiger partial charge in [-0.25, -0.2) is 0 Å². The van der Waals surface area contributed by atoms with Gasteiger partial charge in [-0.2, -0.15) is 0 Å². The van der Waals surface area contributed by atoms with E-state index in [0.29, 0.717) is 0 Å². The Morgan fingerprint density at radius 2 is 1.00 bits per heavy atom. The third kappa shape index (κ3) is 8.82. The maximum absolute atomic E-state index is 3.24. The molecular formula is Br3Er.